The van der Waals surface area contributed by atoms with Gasteiger partial charge < -0.3 is 20.1 Å². The molecule has 3 rings (SSSR count). The highest BCUT2D eigenvalue weighted by Gasteiger charge is 2.40. The highest BCUT2D eigenvalue weighted by atomic mass is 32.2. The zero-order chi connectivity index (χ0) is 28.1. The third-order valence-corrected chi connectivity index (χ3v) is 8.17. The fraction of sp³-hybridized carbons (Fsp3) is 0.440. The molecule has 1 unspecified atom stereocenters. The van der Waals surface area contributed by atoms with E-state index in [2.05, 4.69) is 10.6 Å². The van der Waals surface area contributed by atoms with Crippen molar-refractivity contribution in [3.63, 3.8) is 0 Å². The van der Waals surface area contributed by atoms with Gasteiger partial charge >= 0.3 is 6.18 Å². The molecule has 0 aromatic heterocycles. The predicted molar refractivity (Wildman–Crippen MR) is 132 cm³/mol. The van der Waals surface area contributed by atoms with Gasteiger partial charge in [0, 0.05) is 38.0 Å². The average Bonchev–Trinajstić information content (AvgIpc) is 2.87. The quantitative estimate of drug-likeness (QED) is 0.490. The molecule has 2 aromatic rings. The number of amides is 2. The lowest BCUT2D eigenvalue weighted by molar-refractivity contribution is -0.140. The van der Waals surface area contributed by atoms with Crippen LogP contribution in [0.1, 0.15) is 30.9 Å². The second-order valence-corrected chi connectivity index (χ2v) is 10.7. The topological polar surface area (TPSA) is 114 Å². The lowest BCUT2D eigenvalue weighted by Gasteiger charge is -2.33. The number of carbonyl (C=O) groups is 2. The zero-order valence-corrected chi connectivity index (χ0v) is 22.0. The van der Waals surface area contributed by atoms with Gasteiger partial charge in [-0.2, -0.15) is 17.5 Å². The van der Waals surface area contributed by atoms with Crippen molar-refractivity contribution in [2.45, 2.75) is 49.3 Å². The minimum absolute atomic E-state index is 0.0754. The molecule has 13 heteroatoms. The van der Waals surface area contributed by atoms with E-state index >= 15 is 0 Å². The Balaban J connectivity index is 1.70. The number of sulfonamides is 1. The summed E-state index contributed by atoms with van der Waals surface area (Å²) in [6.07, 6.45) is -4.34. The first-order valence-electron chi connectivity index (χ1n) is 11.8. The second kappa shape index (κ2) is 12.0. The van der Waals surface area contributed by atoms with Gasteiger partial charge in [0.2, 0.25) is 21.8 Å². The number of hydrogen-bond donors (Lipinski definition) is 2. The van der Waals surface area contributed by atoms with Gasteiger partial charge in [-0.3, -0.25) is 9.59 Å². The number of alkyl halides is 3. The summed E-state index contributed by atoms with van der Waals surface area (Å²) in [5.74, 6) is 0.153. The zero-order valence-electron chi connectivity index (χ0n) is 21.2. The second-order valence-electron chi connectivity index (χ2n) is 8.82. The standard InChI is InChI=1S/C25H30F3N3O6S/c1-16(32)29-21(15-17-14-19(36-2)8-9-22(17)37-3)24(33)30-18-10-12-31(13-11-18)38(34,35)23-7-5-4-6-20(23)25(26,27)28/h4-9,14,18,21H,10-13,15H2,1-3H3,(H,29,32)(H,30,33). The molecule has 0 saturated carbocycles. The normalized spacial score (nSPS) is 15.9. The Labute approximate surface area is 219 Å². The number of nitrogens with zero attached hydrogens (tertiary/aromatic N) is 1. The van der Waals surface area contributed by atoms with E-state index in [0.29, 0.717) is 17.1 Å². The van der Waals surface area contributed by atoms with Crippen LogP contribution >= 0.6 is 0 Å². The summed E-state index contributed by atoms with van der Waals surface area (Å²) in [5.41, 5.74) is -0.591. The maximum atomic E-state index is 13.4. The summed E-state index contributed by atoms with van der Waals surface area (Å²) in [7, 11) is -1.42. The minimum Gasteiger partial charge on any atom is -0.497 e. The van der Waals surface area contributed by atoms with E-state index in [1.807, 2.05) is 0 Å². The van der Waals surface area contributed by atoms with Crippen molar-refractivity contribution in [2.75, 3.05) is 27.3 Å². The lowest BCUT2D eigenvalue weighted by atomic mass is 10.0. The molecule has 1 atom stereocenters. The molecule has 2 N–H and O–H groups in total. The molecule has 2 aromatic carbocycles. The highest BCUT2D eigenvalue weighted by molar-refractivity contribution is 7.89. The Morgan fingerprint density at radius 1 is 1.08 bits per heavy atom. The van der Waals surface area contributed by atoms with Crippen molar-refractivity contribution < 1.29 is 40.7 Å². The van der Waals surface area contributed by atoms with Gasteiger partial charge in [0.25, 0.3) is 0 Å². The molecule has 1 heterocycles. The average molecular weight is 558 g/mol. The molecule has 208 valence electrons. The Bertz CT molecular complexity index is 1260. The van der Waals surface area contributed by atoms with Crippen molar-refractivity contribution in [1.29, 1.82) is 0 Å². The molecule has 1 saturated heterocycles. The van der Waals surface area contributed by atoms with Crippen LogP contribution in [0.3, 0.4) is 0 Å². The number of benzene rings is 2. The van der Waals surface area contributed by atoms with Gasteiger partial charge in [-0.15, -0.1) is 0 Å². The van der Waals surface area contributed by atoms with E-state index in [-0.39, 0.29) is 32.4 Å². The van der Waals surface area contributed by atoms with Crippen LogP contribution in [0.2, 0.25) is 0 Å². The van der Waals surface area contributed by atoms with E-state index in [9.17, 15) is 31.2 Å². The maximum Gasteiger partial charge on any atom is 0.417 e. The molecule has 0 aliphatic carbocycles. The molecule has 9 nitrogen and oxygen atoms in total. The Hall–Kier alpha value is -3.32. The molecule has 0 spiro atoms. The van der Waals surface area contributed by atoms with Crippen LogP contribution in [-0.4, -0.2) is 63.9 Å². The van der Waals surface area contributed by atoms with Crippen LogP contribution < -0.4 is 20.1 Å². The highest BCUT2D eigenvalue weighted by Crippen LogP contribution is 2.35. The molecule has 1 aliphatic heterocycles. The molecular weight excluding hydrogens is 527 g/mol. The predicted octanol–water partition coefficient (Wildman–Crippen LogP) is 2.74. The third-order valence-electron chi connectivity index (χ3n) is 6.22. The van der Waals surface area contributed by atoms with Crippen molar-refractivity contribution in [2.24, 2.45) is 0 Å². The van der Waals surface area contributed by atoms with Crippen LogP contribution in [0.4, 0.5) is 13.2 Å². The molecule has 1 fully saturated rings. The van der Waals surface area contributed by atoms with Gasteiger partial charge in [0.1, 0.15) is 17.5 Å². The number of rotatable bonds is 9. The van der Waals surface area contributed by atoms with Crippen molar-refractivity contribution in [3.05, 3.63) is 53.6 Å². The van der Waals surface area contributed by atoms with E-state index in [4.69, 9.17) is 9.47 Å². The Morgan fingerprint density at radius 2 is 1.74 bits per heavy atom. The SMILES string of the molecule is COc1ccc(OC)c(CC(NC(C)=O)C(=O)NC2CCN(S(=O)(=O)c3ccccc3C(F)(F)F)CC2)c1. The van der Waals surface area contributed by atoms with Gasteiger partial charge in [-0.25, -0.2) is 8.42 Å². The van der Waals surface area contributed by atoms with Crippen LogP contribution in [0.5, 0.6) is 11.5 Å². The molecule has 1 aliphatic rings. The number of ether oxygens (including phenoxy) is 2. The Morgan fingerprint density at radius 3 is 2.32 bits per heavy atom. The third kappa shape index (κ3) is 6.95. The largest absolute Gasteiger partial charge is 0.497 e. The number of piperidine rings is 1. The summed E-state index contributed by atoms with van der Waals surface area (Å²) in [5, 5.41) is 5.45. The van der Waals surface area contributed by atoms with Gasteiger partial charge in [-0.1, -0.05) is 12.1 Å². The van der Waals surface area contributed by atoms with E-state index in [1.54, 1.807) is 18.2 Å². The fourth-order valence-corrected chi connectivity index (χ4v) is 6.01. The maximum absolute atomic E-state index is 13.4. The van der Waals surface area contributed by atoms with Crippen LogP contribution in [-0.2, 0) is 32.2 Å². The van der Waals surface area contributed by atoms with E-state index in [1.165, 1.54) is 27.2 Å². The molecular formula is C25H30F3N3O6S. The monoisotopic (exact) mass is 557 g/mol. The molecule has 0 bridgehead atoms. The first kappa shape index (κ1) is 29.2. The number of carbonyl (C=O) groups excluding carboxylic acids is 2. The summed E-state index contributed by atoms with van der Waals surface area (Å²) in [6, 6.07) is 7.75. The minimum atomic E-state index is -4.82. The van der Waals surface area contributed by atoms with Crippen LogP contribution in [0.25, 0.3) is 0 Å². The van der Waals surface area contributed by atoms with Crippen LogP contribution in [0, 0.1) is 0 Å². The summed E-state index contributed by atoms with van der Waals surface area (Å²) in [6.45, 7) is 1.13. The first-order valence-corrected chi connectivity index (χ1v) is 13.3. The lowest BCUT2D eigenvalue weighted by Crippen LogP contribution is -2.53. The summed E-state index contributed by atoms with van der Waals surface area (Å²) < 4.78 is 77.7. The van der Waals surface area contributed by atoms with Gasteiger partial charge in [-0.05, 0) is 43.2 Å². The first-order chi connectivity index (χ1) is 17.9. The number of nitrogens with one attached hydrogen (secondary N) is 2. The van der Waals surface area contributed by atoms with Crippen molar-refractivity contribution in [1.82, 2.24) is 14.9 Å². The molecule has 0 radical (unpaired) electrons. The van der Waals surface area contributed by atoms with Gasteiger partial charge in [0.15, 0.2) is 0 Å². The van der Waals surface area contributed by atoms with Crippen LogP contribution in [0.15, 0.2) is 47.4 Å². The van der Waals surface area contributed by atoms with Crippen molar-refractivity contribution in [3.8, 4) is 11.5 Å². The molecule has 38 heavy (non-hydrogen) atoms. The van der Waals surface area contributed by atoms with Crippen molar-refractivity contribution >= 4 is 21.8 Å². The number of halogens is 3. The Kier molecular flexibility index (Phi) is 9.26. The fourth-order valence-electron chi connectivity index (χ4n) is 4.32. The number of hydrogen-bond acceptors (Lipinski definition) is 6. The van der Waals surface area contributed by atoms with E-state index in [0.717, 1.165) is 22.5 Å². The smallest absolute Gasteiger partial charge is 0.417 e. The van der Waals surface area contributed by atoms with E-state index < -0.39 is 50.6 Å². The summed E-state index contributed by atoms with van der Waals surface area (Å²) >= 11 is 0. The summed E-state index contributed by atoms with van der Waals surface area (Å²) in [4.78, 5) is 24.1. The van der Waals surface area contributed by atoms with Gasteiger partial charge in [0.05, 0.1) is 24.7 Å². The molecule has 2 amide bonds. The number of methoxy groups -OCH3 is 2.